The van der Waals surface area contributed by atoms with E-state index in [9.17, 15) is 14.4 Å². The van der Waals surface area contributed by atoms with Crippen molar-refractivity contribution < 1.29 is 19.1 Å². The van der Waals surface area contributed by atoms with Crippen LogP contribution >= 0.6 is 0 Å². The first kappa shape index (κ1) is 20.4. The summed E-state index contributed by atoms with van der Waals surface area (Å²) in [6.07, 6.45) is 2.92. The van der Waals surface area contributed by atoms with E-state index >= 15 is 0 Å². The fourth-order valence-corrected chi connectivity index (χ4v) is 1.98. The molecule has 0 atom stereocenters. The van der Waals surface area contributed by atoms with E-state index in [1.54, 1.807) is 6.08 Å². The standard InChI is InChI=1S/C19H26N2O4/c1-14-8-6-7-9-15(14)10-11-18(24)25-13-17(23)21(5)12-16(22)20-19(2,3)4/h6-11H,12-13H2,1-5H3,(H,20,22)/b11-10+. The fourth-order valence-electron chi connectivity index (χ4n) is 1.98. The Morgan fingerprint density at radius 1 is 1.20 bits per heavy atom. The third-order valence-corrected chi connectivity index (χ3v) is 3.25. The van der Waals surface area contributed by atoms with Crippen LogP contribution in [0.1, 0.15) is 31.9 Å². The van der Waals surface area contributed by atoms with Crippen molar-refractivity contribution in [2.75, 3.05) is 20.2 Å². The summed E-state index contributed by atoms with van der Waals surface area (Å²) in [5, 5.41) is 2.76. The molecule has 6 heteroatoms. The summed E-state index contributed by atoms with van der Waals surface area (Å²) in [5.74, 6) is -1.32. The molecule has 0 heterocycles. The van der Waals surface area contributed by atoms with Crippen LogP contribution in [0.3, 0.4) is 0 Å². The van der Waals surface area contributed by atoms with Crippen molar-refractivity contribution in [3.05, 3.63) is 41.5 Å². The van der Waals surface area contributed by atoms with Gasteiger partial charge in [-0.05, 0) is 44.9 Å². The number of likely N-dealkylation sites (N-methyl/N-ethyl adjacent to an activating group) is 1. The second kappa shape index (κ2) is 9.01. The summed E-state index contributed by atoms with van der Waals surface area (Å²) >= 11 is 0. The summed E-state index contributed by atoms with van der Waals surface area (Å²) in [5.41, 5.74) is 1.57. The maximum absolute atomic E-state index is 11.9. The van der Waals surface area contributed by atoms with E-state index < -0.39 is 18.5 Å². The number of nitrogens with zero attached hydrogens (tertiary/aromatic N) is 1. The molecule has 1 aromatic rings. The summed E-state index contributed by atoms with van der Waals surface area (Å²) in [6.45, 7) is 7.01. The Kier molecular flexibility index (Phi) is 7.36. The third-order valence-electron chi connectivity index (χ3n) is 3.25. The first-order valence-electron chi connectivity index (χ1n) is 8.04. The van der Waals surface area contributed by atoms with Crippen molar-refractivity contribution in [1.29, 1.82) is 0 Å². The molecule has 0 aliphatic carbocycles. The van der Waals surface area contributed by atoms with E-state index in [1.807, 2.05) is 52.0 Å². The van der Waals surface area contributed by atoms with Gasteiger partial charge in [-0.1, -0.05) is 24.3 Å². The first-order valence-corrected chi connectivity index (χ1v) is 8.04. The Morgan fingerprint density at radius 2 is 1.84 bits per heavy atom. The maximum Gasteiger partial charge on any atom is 0.331 e. The quantitative estimate of drug-likeness (QED) is 0.631. The number of hydrogen-bond acceptors (Lipinski definition) is 4. The van der Waals surface area contributed by atoms with Crippen LogP contribution in [0.5, 0.6) is 0 Å². The van der Waals surface area contributed by atoms with Gasteiger partial charge < -0.3 is 15.0 Å². The molecule has 136 valence electrons. The molecule has 0 fully saturated rings. The van der Waals surface area contributed by atoms with Gasteiger partial charge >= 0.3 is 5.97 Å². The van der Waals surface area contributed by atoms with Crippen molar-refractivity contribution >= 4 is 23.9 Å². The van der Waals surface area contributed by atoms with Gasteiger partial charge in [-0.15, -0.1) is 0 Å². The van der Waals surface area contributed by atoms with Gasteiger partial charge in [-0.2, -0.15) is 0 Å². The van der Waals surface area contributed by atoms with Crippen LogP contribution in [0.4, 0.5) is 0 Å². The average molecular weight is 346 g/mol. The fraction of sp³-hybridized carbons (Fsp3) is 0.421. The summed E-state index contributed by atoms with van der Waals surface area (Å²) in [6, 6.07) is 7.60. The van der Waals surface area contributed by atoms with Crippen LogP contribution < -0.4 is 5.32 Å². The molecule has 6 nitrogen and oxygen atoms in total. The van der Waals surface area contributed by atoms with Crippen molar-refractivity contribution in [2.45, 2.75) is 33.2 Å². The summed E-state index contributed by atoms with van der Waals surface area (Å²) < 4.78 is 4.92. The molecular formula is C19H26N2O4. The zero-order chi connectivity index (χ0) is 19.0. The van der Waals surface area contributed by atoms with Gasteiger partial charge in [0, 0.05) is 18.7 Å². The number of aryl methyl sites for hydroxylation is 1. The van der Waals surface area contributed by atoms with Crippen molar-refractivity contribution in [1.82, 2.24) is 10.2 Å². The number of benzene rings is 1. The first-order chi connectivity index (χ1) is 11.6. The second-order valence-corrected chi connectivity index (χ2v) is 6.85. The maximum atomic E-state index is 11.9. The van der Waals surface area contributed by atoms with E-state index in [0.717, 1.165) is 11.1 Å². The van der Waals surface area contributed by atoms with Gasteiger partial charge in [-0.3, -0.25) is 9.59 Å². The topological polar surface area (TPSA) is 75.7 Å². The number of ether oxygens (including phenoxy) is 1. The van der Waals surface area contributed by atoms with Gasteiger partial charge in [0.15, 0.2) is 6.61 Å². The summed E-state index contributed by atoms with van der Waals surface area (Å²) in [7, 11) is 1.49. The average Bonchev–Trinajstić information content (AvgIpc) is 2.49. The van der Waals surface area contributed by atoms with Crippen LogP contribution in [0.15, 0.2) is 30.3 Å². The SMILES string of the molecule is Cc1ccccc1/C=C/C(=O)OCC(=O)N(C)CC(=O)NC(C)(C)C. The zero-order valence-electron chi connectivity index (χ0n) is 15.5. The predicted molar refractivity (Wildman–Crippen MR) is 96.7 cm³/mol. The Labute approximate surface area is 148 Å². The lowest BCUT2D eigenvalue weighted by molar-refractivity contribution is -0.148. The van der Waals surface area contributed by atoms with E-state index in [1.165, 1.54) is 18.0 Å². The van der Waals surface area contributed by atoms with E-state index in [-0.39, 0.29) is 18.0 Å². The van der Waals surface area contributed by atoms with Gasteiger partial charge in [0.05, 0.1) is 6.54 Å². The van der Waals surface area contributed by atoms with E-state index in [0.29, 0.717) is 0 Å². The Balaban J connectivity index is 2.43. The van der Waals surface area contributed by atoms with Gasteiger partial charge in [-0.25, -0.2) is 4.79 Å². The minimum atomic E-state index is -0.607. The van der Waals surface area contributed by atoms with Crippen LogP contribution in [0.2, 0.25) is 0 Å². The molecular weight excluding hydrogens is 320 g/mol. The number of amides is 2. The molecule has 0 aliphatic heterocycles. The van der Waals surface area contributed by atoms with Crippen molar-refractivity contribution in [3.63, 3.8) is 0 Å². The molecule has 0 saturated heterocycles. The van der Waals surface area contributed by atoms with Gasteiger partial charge in [0.25, 0.3) is 5.91 Å². The molecule has 1 N–H and O–H groups in total. The van der Waals surface area contributed by atoms with Gasteiger partial charge in [0.1, 0.15) is 0 Å². The largest absolute Gasteiger partial charge is 0.452 e. The van der Waals surface area contributed by atoms with Crippen molar-refractivity contribution in [3.8, 4) is 0 Å². The monoisotopic (exact) mass is 346 g/mol. The highest BCUT2D eigenvalue weighted by Gasteiger charge is 2.18. The minimum absolute atomic E-state index is 0.0906. The number of esters is 1. The van der Waals surface area contributed by atoms with Crippen LogP contribution in [0.25, 0.3) is 6.08 Å². The van der Waals surface area contributed by atoms with E-state index in [2.05, 4.69) is 5.32 Å². The normalized spacial score (nSPS) is 11.2. The number of hydrogen-bond donors (Lipinski definition) is 1. The molecule has 0 bridgehead atoms. The molecule has 0 spiro atoms. The molecule has 0 aliphatic rings. The number of carbonyl (C=O) groups excluding carboxylic acids is 3. The van der Waals surface area contributed by atoms with Gasteiger partial charge in [0.2, 0.25) is 5.91 Å². The summed E-state index contributed by atoms with van der Waals surface area (Å²) in [4.78, 5) is 36.6. The lowest BCUT2D eigenvalue weighted by Gasteiger charge is -2.23. The number of rotatable bonds is 6. The molecule has 0 aromatic heterocycles. The Morgan fingerprint density at radius 3 is 2.44 bits per heavy atom. The smallest absolute Gasteiger partial charge is 0.331 e. The van der Waals surface area contributed by atoms with Crippen LogP contribution in [0, 0.1) is 6.92 Å². The number of carbonyl (C=O) groups is 3. The highest BCUT2D eigenvalue weighted by atomic mass is 16.5. The highest BCUT2D eigenvalue weighted by Crippen LogP contribution is 2.08. The van der Waals surface area contributed by atoms with Crippen molar-refractivity contribution in [2.24, 2.45) is 0 Å². The molecule has 0 saturated carbocycles. The molecule has 0 radical (unpaired) electrons. The molecule has 1 aromatic carbocycles. The molecule has 25 heavy (non-hydrogen) atoms. The third kappa shape index (κ3) is 8.15. The minimum Gasteiger partial charge on any atom is -0.452 e. The predicted octanol–water partition coefficient (Wildman–Crippen LogP) is 1.92. The van der Waals surface area contributed by atoms with Crippen LogP contribution in [-0.4, -0.2) is 48.4 Å². The number of nitrogens with one attached hydrogen (secondary N) is 1. The Hall–Kier alpha value is -2.63. The molecule has 0 unspecified atom stereocenters. The van der Waals surface area contributed by atoms with Crippen LogP contribution in [-0.2, 0) is 19.1 Å². The molecule has 1 rings (SSSR count). The highest BCUT2D eigenvalue weighted by molar-refractivity contribution is 5.90. The molecule has 2 amide bonds. The zero-order valence-corrected chi connectivity index (χ0v) is 15.5. The lowest BCUT2D eigenvalue weighted by Crippen LogP contribution is -2.46. The second-order valence-electron chi connectivity index (χ2n) is 6.85. The lowest BCUT2D eigenvalue weighted by atomic mass is 10.1. The Bertz CT molecular complexity index is 660. The van der Waals surface area contributed by atoms with E-state index in [4.69, 9.17) is 4.74 Å².